The summed E-state index contributed by atoms with van der Waals surface area (Å²) in [6.45, 7) is 0.283. The molecule has 0 spiro atoms. The minimum Gasteiger partial charge on any atom is -0.267 e. The molecule has 1 aromatic rings. The maximum atomic E-state index is 10.1. The first-order valence-electron chi connectivity index (χ1n) is 3.46. The molecule has 0 saturated carbocycles. The molecule has 0 aliphatic heterocycles. The lowest BCUT2D eigenvalue weighted by molar-refractivity contribution is 0.0515. The molecule has 0 atom stereocenters. The van der Waals surface area contributed by atoms with Gasteiger partial charge in [-0.05, 0) is 5.56 Å². The van der Waals surface area contributed by atoms with Gasteiger partial charge in [0.05, 0.1) is 6.61 Å². The van der Waals surface area contributed by atoms with Gasteiger partial charge < -0.3 is 0 Å². The Kier molecular flexibility index (Phi) is 3.10. The lowest BCUT2D eigenvalue weighted by atomic mass is 10.2. The van der Waals surface area contributed by atoms with Crippen LogP contribution in [0.25, 0.3) is 0 Å². The van der Waals surface area contributed by atoms with Crippen molar-refractivity contribution < 1.29 is 9.63 Å². The second-order valence-electron chi connectivity index (χ2n) is 2.21. The average molecular weight is 165 g/mol. The Morgan fingerprint density at radius 2 is 2.08 bits per heavy atom. The first-order chi connectivity index (χ1) is 5.79. The van der Waals surface area contributed by atoms with E-state index < -0.39 is 6.03 Å². The van der Waals surface area contributed by atoms with Crippen molar-refractivity contribution in [1.29, 1.82) is 0 Å². The summed E-state index contributed by atoms with van der Waals surface area (Å²) in [6.07, 6.45) is 0. The number of rotatable bonds is 3. The normalized spacial score (nSPS) is 9.33. The van der Waals surface area contributed by atoms with Crippen LogP contribution in [-0.2, 0) is 11.4 Å². The van der Waals surface area contributed by atoms with E-state index in [4.69, 9.17) is 10.6 Å². The fraction of sp³-hybridized carbons (Fsp3) is 0.125. The van der Waals surface area contributed by atoms with Crippen molar-refractivity contribution in [1.82, 2.24) is 11.2 Å². The summed E-state index contributed by atoms with van der Waals surface area (Å²) in [5, 5.41) is 0. The van der Waals surface area contributed by atoms with E-state index in [0.29, 0.717) is 0 Å². The van der Waals surface area contributed by atoms with Gasteiger partial charge in [-0.3, -0.25) is 4.84 Å². The van der Waals surface area contributed by atoms with Gasteiger partial charge in [0.15, 0.2) is 0 Å². The minimum absolute atomic E-state index is 0.283. The van der Waals surface area contributed by atoms with Crippen molar-refractivity contribution >= 4 is 6.03 Å². The molecule has 2 N–H and O–H groups in total. The third kappa shape index (κ3) is 3.03. The Morgan fingerprint density at radius 1 is 1.42 bits per heavy atom. The molecule has 0 heterocycles. The van der Waals surface area contributed by atoms with Gasteiger partial charge >= 0.3 is 6.03 Å². The van der Waals surface area contributed by atoms with Crippen LogP contribution in [0.5, 0.6) is 0 Å². The molecular weight excluding hydrogens is 156 g/mol. The molecular formula is C8H9N2O2. The van der Waals surface area contributed by atoms with Crippen LogP contribution < -0.4 is 11.2 Å². The molecule has 63 valence electrons. The molecule has 0 saturated heterocycles. The fourth-order valence-electron chi connectivity index (χ4n) is 0.759. The highest BCUT2D eigenvalue weighted by Crippen LogP contribution is 1.98. The zero-order valence-electron chi connectivity index (χ0n) is 6.41. The van der Waals surface area contributed by atoms with E-state index >= 15 is 0 Å². The Labute approximate surface area is 70.3 Å². The highest BCUT2D eigenvalue weighted by Gasteiger charge is 1.93. The fourth-order valence-corrected chi connectivity index (χ4v) is 0.759. The molecule has 4 heteroatoms. The van der Waals surface area contributed by atoms with Gasteiger partial charge in [0.2, 0.25) is 0 Å². The van der Waals surface area contributed by atoms with Crippen LogP contribution in [0.3, 0.4) is 0 Å². The minimum atomic E-state index is -0.939. The van der Waals surface area contributed by atoms with Crippen LogP contribution in [0, 0.1) is 0 Å². The predicted molar refractivity (Wildman–Crippen MR) is 42.9 cm³/mol. The third-order valence-electron chi connectivity index (χ3n) is 1.25. The first kappa shape index (κ1) is 8.55. The van der Waals surface area contributed by atoms with Crippen molar-refractivity contribution in [3.05, 3.63) is 35.9 Å². The van der Waals surface area contributed by atoms with Crippen molar-refractivity contribution in [3.8, 4) is 0 Å². The van der Waals surface area contributed by atoms with E-state index in [1.165, 1.54) is 0 Å². The summed E-state index contributed by atoms with van der Waals surface area (Å²) >= 11 is 0. The number of hydroxylamine groups is 1. The van der Waals surface area contributed by atoms with E-state index in [2.05, 4.69) is 0 Å². The number of carbonyl (C=O) groups is 1. The number of amides is 2. The Bertz CT molecular complexity index is 248. The number of benzene rings is 1. The first-order valence-corrected chi connectivity index (χ1v) is 3.46. The zero-order valence-corrected chi connectivity index (χ0v) is 6.41. The van der Waals surface area contributed by atoms with Crippen LogP contribution in [-0.4, -0.2) is 6.03 Å². The molecule has 0 bridgehead atoms. The van der Waals surface area contributed by atoms with Crippen LogP contribution in [0.4, 0.5) is 4.79 Å². The predicted octanol–water partition coefficient (Wildman–Crippen LogP) is 1.11. The maximum absolute atomic E-state index is 10.1. The Morgan fingerprint density at radius 3 is 2.67 bits per heavy atom. The number of carbonyl (C=O) groups excluding carboxylic acids is 1. The van der Waals surface area contributed by atoms with Gasteiger partial charge in [-0.25, -0.2) is 16.0 Å². The van der Waals surface area contributed by atoms with Gasteiger partial charge in [0.25, 0.3) is 0 Å². The van der Waals surface area contributed by atoms with Gasteiger partial charge in [0.1, 0.15) is 0 Å². The second-order valence-corrected chi connectivity index (χ2v) is 2.21. The molecule has 1 radical (unpaired) electrons. The van der Waals surface area contributed by atoms with E-state index in [-0.39, 0.29) is 6.61 Å². The topological polar surface area (TPSA) is 62.1 Å². The summed E-state index contributed by atoms with van der Waals surface area (Å²) in [7, 11) is 0. The second kappa shape index (κ2) is 4.35. The van der Waals surface area contributed by atoms with Gasteiger partial charge in [-0.15, -0.1) is 0 Å². The number of hydrogen-bond acceptors (Lipinski definition) is 2. The maximum Gasteiger partial charge on any atom is 0.357 e. The average Bonchev–Trinajstić information content (AvgIpc) is 2.05. The number of nitrogens with one attached hydrogen (secondary N) is 2. The van der Waals surface area contributed by atoms with Crippen molar-refractivity contribution in [3.63, 3.8) is 0 Å². The number of hydrogen-bond donors (Lipinski definition) is 1. The third-order valence-corrected chi connectivity index (χ3v) is 1.25. The van der Waals surface area contributed by atoms with Gasteiger partial charge in [0, 0.05) is 0 Å². The summed E-state index contributed by atoms with van der Waals surface area (Å²) in [6, 6.07) is 8.45. The van der Waals surface area contributed by atoms with E-state index in [0.717, 1.165) is 5.56 Å². The summed E-state index contributed by atoms with van der Waals surface area (Å²) in [4.78, 5) is 14.8. The Hall–Kier alpha value is -1.55. The number of urea groups is 1. The van der Waals surface area contributed by atoms with E-state index in [1.54, 1.807) is 0 Å². The molecule has 0 fully saturated rings. The standard InChI is InChI=1S/C8H9N2O2/c9-8(11)10-12-6-7-4-2-1-3-5-7/h1-5,9H,6H2,(H,10,11). The molecule has 0 unspecified atom stereocenters. The van der Waals surface area contributed by atoms with Crippen molar-refractivity contribution in [2.24, 2.45) is 0 Å². The molecule has 0 aliphatic carbocycles. The van der Waals surface area contributed by atoms with Crippen LogP contribution in [0.1, 0.15) is 5.56 Å². The zero-order chi connectivity index (χ0) is 8.81. The van der Waals surface area contributed by atoms with Crippen molar-refractivity contribution in [2.45, 2.75) is 6.61 Å². The van der Waals surface area contributed by atoms with Crippen LogP contribution >= 0.6 is 0 Å². The molecule has 12 heavy (non-hydrogen) atoms. The SMILES string of the molecule is [NH]C(=O)NOCc1ccccc1. The smallest absolute Gasteiger partial charge is 0.267 e. The lowest BCUT2D eigenvalue weighted by Crippen LogP contribution is -2.22. The molecule has 0 aliphatic rings. The highest BCUT2D eigenvalue weighted by atomic mass is 16.7. The molecule has 1 aromatic carbocycles. The van der Waals surface area contributed by atoms with E-state index in [1.807, 2.05) is 35.8 Å². The molecule has 0 aromatic heterocycles. The Balaban J connectivity index is 2.29. The summed E-state index contributed by atoms with van der Waals surface area (Å²) in [5.41, 5.74) is 9.34. The largest absolute Gasteiger partial charge is 0.357 e. The van der Waals surface area contributed by atoms with Crippen LogP contribution in [0.15, 0.2) is 30.3 Å². The monoisotopic (exact) mass is 165 g/mol. The molecule has 1 rings (SSSR count). The lowest BCUT2D eigenvalue weighted by Gasteiger charge is -2.01. The van der Waals surface area contributed by atoms with Gasteiger partial charge in [-0.1, -0.05) is 30.3 Å². The molecule has 4 nitrogen and oxygen atoms in total. The van der Waals surface area contributed by atoms with Gasteiger partial charge in [-0.2, -0.15) is 0 Å². The quantitative estimate of drug-likeness (QED) is 0.682. The summed E-state index contributed by atoms with van der Waals surface area (Å²) in [5.74, 6) is 0. The highest BCUT2D eigenvalue weighted by molar-refractivity contribution is 5.69. The van der Waals surface area contributed by atoms with Crippen molar-refractivity contribution in [2.75, 3.05) is 0 Å². The van der Waals surface area contributed by atoms with Crippen LogP contribution in [0.2, 0.25) is 0 Å². The molecule has 2 amide bonds. The summed E-state index contributed by atoms with van der Waals surface area (Å²) < 4.78 is 0. The van der Waals surface area contributed by atoms with E-state index in [9.17, 15) is 4.79 Å².